The first-order valence-corrected chi connectivity index (χ1v) is 7.83. The van der Waals surface area contributed by atoms with Crippen molar-refractivity contribution in [3.05, 3.63) is 72.0 Å². The first kappa shape index (κ1) is 12.7. The van der Waals surface area contributed by atoms with Crippen LogP contribution >= 0.6 is 11.6 Å². The van der Waals surface area contributed by atoms with Crippen LogP contribution in [0.5, 0.6) is 0 Å². The molecule has 2 aromatic heterocycles. The van der Waals surface area contributed by atoms with Gasteiger partial charge in [-0.25, -0.2) is 4.98 Å². The maximum atomic E-state index is 6.10. The molecule has 110 valence electrons. The molecule has 2 heterocycles. The van der Waals surface area contributed by atoms with E-state index >= 15 is 0 Å². The van der Waals surface area contributed by atoms with Crippen molar-refractivity contribution in [1.82, 2.24) is 14.5 Å². The fourth-order valence-corrected chi connectivity index (χ4v) is 3.52. The second-order valence-corrected chi connectivity index (χ2v) is 5.93. The number of imidazole rings is 1. The third kappa shape index (κ3) is 1.74. The maximum absolute atomic E-state index is 6.10. The standard InChI is InChI=1S/C19H12ClN3/c20-19-21-15-11-10-14-13-8-4-5-9-16(13)23(18(14)17(15)22-19)12-6-2-1-3-7-12/h1-11H,(H,21,22). The molecule has 0 fully saturated rings. The lowest BCUT2D eigenvalue weighted by molar-refractivity contribution is 1.18. The third-order valence-corrected chi connectivity index (χ3v) is 4.45. The summed E-state index contributed by atoms with van der Waals surface area (Å²) in [5.41, 5.74) is 5.21. The molecular weight excluding hydrogens is 306 g/mol. The summed E-state index contributed by atoms with van der Waals surface area (Å²) in [5.74, 6) is 0. The highest BCUT2D eigenvalue weighted by Crippen LogP contribution is 2.35. The van der Waals surface area contributed by atoms with Gasteiger partial charge in [0.2, 0.25) is 5.28 Å². The average molecular weight is 318 g/mol. The van der Waals surface area contributed by atoms with Gasteiger partial charge in [-0.3, -0.25) is 0 Å². The number of hydrogen-bond acceptors (Lipinski definition) is 1. The van der Waals surface area contributed by atoms with E-state index in [9.17, 15) is 0 Å². The minimum atomic E-state index is 0.414. The van der Waals surface area contributed by atoms with Gasteiger partial charge in [-0.15, -0.1) is 0 Å². The number of nitrogens with one attached hydrogen (secondary N) is 1. The van der Waals surface area contributed by atoms with Crippen LogP contribution in [0, 0.1) is 0 Å². The van der Waals surface area contributed by atoms with Crippen LogP contribution in [0.1, 0.15) is 0 Å². The zero-order chi connectivity index (χ0) is 15.4. The molecule has 0 bridgehead atoms. The Bertz CT molecular complexity index is 1170. The Hall–Kier alpha value is -2.78. The average Bonchev–Trinajstić information content (AvgIpc) is 3.12. The van der Waals surface area contributed by atoms with Crippen molar-refractivity contribution in [1.29, 1.82) is 0 Å². The van der Waals surface area contributed by atoms with Gasteiger partial charge in [0.1, 0.15) is 5.52 Å². The molecule has 0 saturated heterocycles. The van der Waals surface area contributed by atoms with E-state index in [0.29, 0.717) is 5.28 Å². The second-order valence-electron chi connectivity index (χ2n) is 5.57. The van der Waals surface area contributed by atoms with Gasteiger partial charge in [0.05, 0.1) is 16.6 Å². The second kappa shape index (κ2) is 4.61. The molecule has 0 atom stereocenters. The van der Waals surface area contributed by atoms with E-state index in [1.165, 1.54) is 16.3 Å². The van der Waals surface area contributed by atoms with E-state index < -0.39 is 0 Å². The molecule has 3 nitrogen and oxygen atoms in total. The zero-order valence-electron chi connectivity index (χ0n) is 12.1. The number of benzene rings is 3. The number of H-pyrrole nitrogens is 1. The van der Waals surface area contributed by atoms with Gasteiger partial charge < -0.3 is 9.55 Å². The highest BCUT2D eigenvalue weighted by atomic mass is 35.5. The number of aromatic nitrogens is 3. The fraction of sp³-hybridized carbons (Fsp3) is 0. The molecule has 5 aromatic rings. The van der Waals surface area contributed by atoms with Crippen LogP contribution in [0.4, 0.5) is 0 Å². The predicted molar refractivity (Wildman–Crippen MR) is 95.4 cm³/mol. The summed E-state index contributed by atoms with van der Waals surface area (Å²) >= 11 is 6.10. The highest BCUT2D eigenvalue weighted by Gasteiger charge is 2.16. The number of nitrogens with zero attached hydrogens (tertiary/aromatic N) is 2. The third-order valence-electron chi connectivity index (χ3n) is 4.27. The summed E-state index contributed by atoms with van der Waals surface area (Å²) in [4.78, 5) is 7.63. The number of hydrogen-bond donors (Lipinski definition) is 1. The van der Waals surface area contributed by atoms with Gasteiger partial charge in [-0.1, -0.05) is 36.4 Å². The Balaban J connectivity index is 2.09. The van der Waals surface area contributed by atoms with Crippen molar-refractivity contribution in [2.75, 3.05) is 0 Å². The van der Waals surface area contributed by atoms with Crippen molar-refractivity contribution < 1.29 is 0 Å². The molecule has 0 spiro atoms. The van der Waals surface area contributed by atoms with Crippen molar-refractivity contribution in [2.45, 2.75) is 0 Å². The van der Waals surface area contributed by atoms with Gasteiger partial charge in [-0.2, -0.15) is 0 Å². The van der Waals surface area contributed by atoms with Gasteiger partial charge in [0.15, 0.2) is 0 Å². The van der Waals surface area contributed by atoms with Crippen LogP contribution in [-0.4, -0.2) is 14.5 Å². The molecule has 0 radical (unpaired) electrons. The van der Waals surface area contributed by atoms with Gasteiger partial charge in [0.25, 0.3) is 0 Å². The van der Waals surface area contributed by atoms with Gasteiger partial charge >= 0.3 is 0 Å². The number of rotatable bonds is 1. The van der Waals surface area contributed by atoms with Crippen LogP contribution in [0.3, 0.4) is 0 Å². The molecule has 0 aliphatic carbocycles. The van der Waals surface area contributed by atoms with Crippen molar-refractivity contribution in [3.63, 3.8) is 0 Å². The first-order valence-electron chi connectivity index (χ1n) is 7.46. The van der Waals surface area contributed by atoms with Crippen molar-refractivity contribution in [2.24, 2.45) is 0 Å². The largest absolute Gasteiger partial charge is 0.329 e. The molecule has 4 heteroatoms. The van der Waals surface area contributed by atoms with E-state index in [0.717, 1.165) is 22.2 Å². The summed E-state index contributed by atoms with van der Waals surface area (Å²) in [5, 5.41) is 2.81. The minimum absolute atomic E-state index is 0.414. The summed E-state index contributed by atoms with van der Waals surface area (Å²) in [6, 6.07) is 22.9. The van der Waals surface area contributed by atoms with Crippen molar-refractivity contribution >= 4 is 44.4 Å². The lowest BCUT2D eigenvalue weighted by Gasteiger charge is -2.07. The Morgan fingerprint density at radius 2 is 1.61 bits per heavy atom. The van der Waals surface area contributed by atoms with E-state index in [1.54, 1.807) is 0 Å². The van der Waals surface area contributed by atoms with Crippen LogP contribution in [0.15, 0.2) is 66.7 Å². The molecule has 0 amide bonds. The molecule has 0 aliphatic rings. The smallest absolute Gasteiger partial charge is 0.201 e. The molecular formula is C19H12ClN3. The first-order chi connectivity index (χ1) is 11.3. The van der Waals surface area contributed by atoms with Gasteiger partial charge in [0, 0.05) is 16.5 Å². The lowest BCUT2D eigenvalue weighted by atomic mass is 10.1. The Morgan fingerprint density at radius 3 is 2.48 bits per heavy atom. The number of para-hydroxylation sites is 2. The molecule has 5 rings (SSSR count). The number of aromatic amines is 1. The lowest BCUT2D eigenvalue weighted by Crippen LogP contribution is -1.93. The minimum Gasteiger partial charge on any atom is -0.329 e. The van der Waals surface area contributed by atoms with Gasteiger partial charge in [-0.05, 0) is 41.9 Å². The van der Waals surface area contributed by atoms with Crippen LogP contribution in [-0.2, 0) is 0 Å². The SMILES string of the molecule is Clc1nc2c(ccc3c4ccccc4n(-c4ccccc4)c32)[nH]1. The predicted octanol–water partition coefficient (Wildman–Crippen LogP) is 5.31. The summed E-state index contributed by atoms with van der Waals surface area (Å²) < 4.78 is 2.25. The monoisotopic (exact) mass is 317 g/mol. The maximum Gasteiger partial charge on any atom is 0.201 e. The molecule has 0 aliphatic heterocycles. The zero-order valence-corrected chi connectivity index (χ0v) is 12.9. The number of fused-ring (bicyclic) bond motifs is 5. The van der Waals surface area contributed by atoms with E-state index in [1.807, 2.05) is 24.3 Å². The molecule has 3 aromatic carbocycles. The summed E-state index contributed by atoms with van der Waals surface area (Å²) in [6.07, 6.45) is 0. The normalized spacial score (nSPS) is 11.7. The van der Waals surface area contributed by atoms with E-state index in [4.69, 9.17) is 11.6 Å². The quantitative estimate of drug-likeness (QED) is 0.446. The molecule has 1 N–H and O–H groups in total. The summed E-state index contributed by atoms with van der Waals surface area (Å²) in [7, 11) is 0. The Morgan fingerprint density at radius 1 is 0.826 bits per heavy atom. The fourth-order valence-electron chi connectivity index (χ4n) is 3.34. The number of halogens is 1. The molecule has 0 saturated carbocycles. The molecule has 0 unspecified atom stereocenters. The van der Waals surface area contributed by atoms with E-state index in [-0.39, 0.29) is 0 Å². The van der Waals surface area contributed by atoms with Crippen LogP contribution in [0.25, 0.3) is 38.5 Å². The van der Waals surface area contributed by atoms with Crippen LogP contribution < -0.4 is 0 Å². The topological polar surface area (TPSA) is 33.6 Å². The van der Waals surface area contributed by atoms with Crippen molar-refractivity contribution in [3.8, 4) is 5.69 Å². The highest BCUT2D eigenvalue weighted by molar-refractivity contribution is 6.29. The summed E-state index contributed by atoms with van der Waals surface area (Å²) in [6.45, 7) is 0. The van der Waals surface area contributed by atoms with Crippen LogP contribution in [0.2, 0.25) is 5.28 Å². The Kier molecular flexibility index (Phi) is 2.55. The Labute approximate surface area is 137 Å². The molecule has 23 heavy (non-hydrogen) atoms. The van der Waals surface area contributed by atoms with E-state index in [2.05, 4.69) is 57.0 Å².